The van der Waals surface area contributed by atoms with Crippen molar-refractivity contribution in [2.45, 2.75) is 6.92 Å². The zero-order valence-corrected chi connectivity index (χ0v) is 17.1. The van der Waals surface area contributed by atoms with E-state index in [9.17, 15) is 9.59 Å². The fourth-order valence-corrected chi connectivity index (χ4v) is 2.67. The number of hydrogen-bond acceptors (Lipinski definition) is 4. The molecule has 0 radical (unpaired) electrons. The van der Waals surface area contributed by atoms with Crippen LogP contribution in [0.15, 0.2) is 115 Å². The van der Waals surface area contributed by atoms with E-state index < -0.39 is 11.9 Å². The number of hydrogen-bond donors (Lipinski definition) is 0. The largest absolute Gasteiger partial charge is 0.423 e. The zero-order valence-electron chi connectivity index (χ0n) is 17.1. The maximum absolute atomic E-state index is 12.4. The van der Waals surface area contributed by atoms with Crippen molar-refractivity contribution < 1.29 is 19.1 Å². The first-order valence-electron chi connectivity index (χ1n) is 9.78. The average molecular weight is 410 g/mol. The minimum atomic E-state index is -0.609. The molecule has 0 saturated carbocycles. The second kappa shape index (κ2) is 11.1. The summed E-state index contributed by atoms with van der Waals surface area (Å²) in [6, 6.07) is 34.0. The van der Waals surface area contributed by atoms with Crippen molar-refractivity contribution in [3.63, 3.8) is 0 Å². The minimum absolute atomic E-state index is 0.155. The molecule has 0 N–H and O–H groups in total. The van der Waals surface area contributed by atoms with E-state index in [2.05, 4.69) is 19.1 Å². The molecule has 0 heterocycles. The number of rotatable bonds is 4. The van der Waals surface area contributed by atoms with Gasteiger partial charge in [-0.25, -0.2) is 9.59 Å². The van der Waals surface area contributed by atoms with Crippen LogP contribution in [-0.2, 0) is 0 Å². The molecule has 0 unspecified atom stereocenters. The maximum atomic E-state index is 12.4. The first kappa shape index (κ1) is 21.5. The number of para-hydroxylation sites is 2. The van der Waals surface area contributed by atoms with Crippen molar-refractivity contribution >= 4 is 11.9 Å². The molecule has 0 aliphatic rings. The monoisotopic (exact) mass is 410 g/mol. The molecule has 0 aliphatic heterocycles. The van der Waals surface area contributed by atoms with Crippen LogP contribution in [0.3, 0.4) is 0 Å². The highest BCUT2D eigenvalue weighted by Gasteiger charge is 2.20. The second-order valence-electron chi connectivity index (χ2n) is 6.61. The van der Waals surface area contributed by atoms with Gasteiger partial charge in [-0.3, -0.25) is 0 Å². The van der Waals surface area contributed by atoms with Gasteiger partial charge in [-0.15, -0.1) is 0 Å². The van der Waals surface area contributed by atoms with E-state index in [-0.39, 0.29) is 11.1 Å². The Kier molecular flexibility index (Phi) is 7.72. The van der Waals surface area contributed by atoms with Crippen LogP contribution in [-0.4, -0.2) is 11.9 Å². The quantitative estimate of drug-likeness (QED) is 0.300. The Morgan fingerprint density at radius 3 is 1.13 bits per heavy atom. The van der Waals surface area contributed by atoms with E-state index in [1.165, 1.54) is 17.7 Å². The first-order valence-corrected chi connectivity index (χ1v) is 9.78. The van der Waals surface area contributed by atoms with Gasteiger partial charge in [0.15, 0.2) is 0 Å². The lowest BCUT2D eigenvalue weighted by molar-refractivity contribution is 0.0692. The molecule has 0 atom stereocenters. The zero-order chi connectivity index (χ0) is 21.9. The number of carbonyl (C=O) groups is 2. The molecule has 0 saturated heterocycles. The third-order valence-corrected chi connectivity index (χ3v) is 4.21. The van der Waals surface area contributed by atoms with E-state index in [1.54, 1.807) is 60.7 Å². The summed E-state index contributed by atoms with van der Waals surface area (Å²) in [5.74, 6) is -0.397. The van der Waals surface area contributed by atoms with Gasteiger partial charge in [0.05, 0.1) is 11.1 Å². The molecule has 31 heavy (non-hydrogen) atoms. The van der Waals surface area contributed by atoms with Crippen LogP contribution in [0.1, 0.15) is 26.3 Å². The minimum Gasteiger partial charge on any atom is -0.423 e. The Balaban J connectivity index is 0.000000330. The Bertz CT molecular complexity index is 1040. The van der Waals surface area contributed by atoms with Crippen molar-refractivity contribution in [3.05, 3.63) is 132 Å². The first-order chi connectivity index (χ1) is 15.1. The van der Waals surface area contributed by atoms with E-state index in [0.717, 1.165) is 0 Å². The van der Waals surface area contributed by atoms with Gasteiger partial charge >= 0.3 is 11.9 Å². The molecule has 154 valence electrons. The summed E-state index contributed by atoms with van der Waals surface area (Å²) in [5.41, 5.74) is 1.63. The molecule has 0 spiro atoms. The van der Waals surface area contributed by atoms with Crippen LogP contribution in [0.4, 0.5) is 0 Å². The molecule has 4 aromatic carbocycles. The van der Waals surface area contributed by atoms with Gasteiger partial charge in [0.1, 0.15) is 11.5 Å². The van der Waals surface area contributed by atoms with Gasteiger partial charge < -0.3 is 9.47 Å². The average Bonchev–Trinajstić information content (AvgIpc) is 2.81. The van der Waals surface area contributed by atoms with Crippen LogP contribution >= 0.6 is 0 Å². The lowest BCUT2D eigenvalue weighted by atomic mass is 10.1. The molecule has 4 rings (SSSR count). The summed E-state index contributed by atoms with van der Waals surface area (Å²) in [4.78, 5) is 24.7. The molecule has 0 bridgehead atoms. The Morgan fingerprint density at radius 2 is 0.806 bits per heavy atom. The lowest BCUT2D eigenvalue weighted by Crippen LogP contribution is -2.17. The Morgan fingerprint density at radius 1 is 0.484 bits per heavy atom. The second-order valence-corrected chi connectivity index (χ2v) is 6.61. The van der Waals surface area contributed by atoms with Crippen LogP contribution in [0, 0.1) is 6.92 Å². The predicted octanol–water partition coefficient (Wildman–Crippen LogP) is 6.12. The summed E-state index contributed by atoms with van der Waals surface area (Å²) in [6.07, 6.45) is 0. The van der Waals surface area contributed by atoms with Crippen LogP contribution in [0.25, 0.3) is 0 Å². The number of benzene rings is 4. The van der Waals surface area contributed by atoms with Crippen LogP contribution < -0.4 is 9.47 Å². The van der Waals surface area contributed by atoms with E-state index in [4.69, 9.17) is 9.47 Å². The van der Waals surface area contributed by atoms with Gasteiger partial charge in [0, 0.05) is 0 Å². The van der Waals surface area contributed by atoms with Gasteiger partial charge in [-0.2, -0.15) is 0 Å². The highest BCUT2D eigenvalue weighted by molar-refractivity contribution is 6.04. The molecule has 0 fully saturated rings. The SMILES string of the molecule is Cc1ccccc1.O=C(Oc1ccccc1)c1ccccc1C(=O)Oc1ccccc1. The number of ether oxygens (including phenoxy) is 2. The van der Waals surface area contributed by atoms with Crippen molar-refractivity contribution in [1.29, 1.82) is 0 Å². The Labute approximate surface area is 181 Å². The predicted molar refractivity (Wildman–Crippen MR) is 120 cm³/mol. The van der Waals surface area contributed by atoms with Crippen LogP contribution in [0.2, 0.25) is 0 Å². The van der Waals surface area contributed by atoms with Gasteiger partial charge in [0.25, 0.3) is 0 Å². The number of carbonyl (C=O) groups excluding carboxylic acids is 2. The van der Waals surface area contributed by atoms with Gasteiger partial charge in [-0.1, -0.05) is 84.4 Å². The number of aryl methyl sites for hydroxylation is 1. The van der Waals surface area contributed by atoms with Crippen molar-refractivity contribution in [1.82, 2.24) is 0 Å². The topological polar surface area (TPSA) is 52.6 Å². The summed E-state index contributed by atoms with van der Waals surface area (Å²) >= 11 is 0. The standard InChI is InChI=1S/C20H14O4.C7H8/c21-19(23-15-9-3-1-4-10-15)17-13-7-8-14-18(17)20(22)24-16-11-5-2-6-12-16;1-7-5-3-2-4-6-7/h1-14H;2-6H,1H3. The van der Waals surface area contributed by atoms with Gasteiger partial charge in [-0.05, 0) is 43.3 Å². The van der Waals surface area contributed by atoms with E-state index in [1.807, 2.05) is 30.3 Å². The normalized spacial score (nSPS) is 9.71. The third-order valence-electron chi connectivity index (χ3n) is 4.21. The molecule has 4 aromatic rings. The molecule has 0 aromatic heterocycles. The molecular weight excluding hydrogens is 388 g/mol. The highest BCUT2D eigenvalue weighted by Crippen LogP contribution is 2.17. The van der Waals surface area contributed by atoms with Crippen molar-refractivity contribution in [3.8, 4) is 11.5 Å². The van der Waals surface area contributed by atoms with Crippen molar-refractivity contribution in [2.24, 2.45) is 0 Å². The maximum Gasteiger partial charge on any atom is 0.344 e. The van der Waals surface area contributed by atoms with E-state index >= 15 is 0 Å². The molecular formula is C27H22O4. The van der Waals surface area contributed by atoms with Crippen molar-refractivity contribution in [2.75, 3.05) is 0 Å². The lowest BCUT2D eigenvalue weighted by Gasteiger charge is -2.09. The van der Waals surface area contributed by atoms with Gasteiger partial charge in [0.2, 0.25) is 0 Å². The number of esters is 2. The summed E-state index contributed by atoms with van der Waals surface area (Å²) in [7, 11) is 0. The molecule has 4 nitrogen and oxygen atoms in total. The molecule has 4 heteroatoms. The molecule has 0 aliphatic carbocycles. The highest BCUT2D eigenvalue weighted by atomic mass is 16.5. The molecule has 0 amide bonds. The van der Waals surface area contributed by atoms with E-state index in [0.29, 0.717) is 11.5 Å². The smallest absolute Gasteiger partial charge is 0.344 e. The summed E-state index contributed by atoms with van der Waals surface area (Å²) in [6.45, 7) is 2.08. The summed E-state index contributed by atoms with van der Waals surface area (Å²) < 4.78 is 10.6. The van der Waals surface area contributed by atoms with Crippen LogP contribution in [0.5, 0.6) is 11.5 Å². The fourth-order valence-electron chi connectivity index (χ4n) is 2.67. The fraction of sp³-hybridized carbons (Fsp3) is 0.0370. The summed E-state index contributed by atoms with van der Waals surface area (Å²) in [5, 5.41) is 0. The Hall–Kier alpha value is -4.18. The third kappa shape index (κ3) is 6.68.